The Morgan fingerprint density at radius 1 is 1.13 bits per heavy atom. The Kier molecular flexibility index (Phi) is 6.21. The van der Waals surface area contributed by atoms with Crippen LogP contribution in [0.3, 0.4) is 0 Å². The van der Waals surface area contributed by atoms with Crippen molar-refractivity contribution in [2.75, 3.05) is 25.9 Å². The van der Waals surface area contributed by atoms with Crippen LogP contribution in [0.1, 0.15) is 31.8 Å². The van der Waals surface area contributed by atoms with E-state index < -0.39 is 9.84 Å². The van der Waals surface area contributed by atoms with Crippen LogP contribution in [0.4, 0.5) is 0 Å². The molecule has 0 radical (unpaired) electrons. The number of hydrogen-bond donors (Lipinski definition) is 2. The molecule has 9 heteroatoms. The van der Waals surface area contributed by atoms with E-state index in [9.17, 15) is 22.8 Å². The van der Waals surface area contributed by atoms with Crippen LogP contribution >= 0.6 is 0 Å². The first kappa shape index (κ1) is 21.5. The second-order valence-electron chi connectivity index (χ2n) is 7.21. The number of aryl methyl sites for hydroxylation is 1. The lowest BCUT2D eigenvalue weighted by molar-refractivity contribution is -0.123. The quantitative estimate of drug-likeness (QED) is 0.733. The van der Waals surface area contributed by atoms with Gasteiger partial charge in [-0.15, -0.1) is 0 Å². The van der Waals surface area contributed by atoms with E-state index in [0.717, 1.165) is 11.8 Å². The molecule has 1 aliphatic heterocycles. The van der Waals surface area contributed by atoms with Crippen LogP contribution in [-0.2, 0) is 21.2 Å². The summed E-state index contributed by atoms with van der Waals surface area (Å²) in [5.41, 5.74) is 2.23. The van der Waals surface area contributed by atoms with E-state index in [1.54, 1.807) is 37.3 Å². The number of carbonyl (C=O) groups excluding carboxylic acids is 3. The SMILES string of the molecule is Cc1ccc(S(C)(=O)=O)cc1C(=O)NCc1ccc(C(=O)N2CCNC(=O)C2)cc1. The number of amides is 3. The highest BCUT2D eigenvalue weighted by Gasteiger charge is 2.22. The standard InChI is InChI=1S/C21H23N3O5S/c1-14-3-8-17(30(2,28)29)11-18(14)20(26)23-12-15-4-6-16(7-5-15)21(27)24-10-9-22-19(25)13-24/h3-8,11H,9-10,12-13H2,1-2H3,(H,22,25)(H,23,26). The fraction of sp³-hybridized carbons (Fsp3) is 0.286. The number of piperazine rings is 1. The molecule has 0 unspecified atom stereocenters. The zero-order valence-corrected chi connectivity index (χ0v) is 17.6. The van der Waals surface area contributed by atoms with Crippen LogP contribution in [0.15, 0.2) is 47.4 Å². The van der Waals surface area contributed by atoms with Gasteiger partial charge in [-0.05, 0) is 42.3 Å². The molecule has 30 heavy (non-hydrogen) atoms. The number of sulfone groups is 1. The van der Waals surface area contributed by atoms with Gasteiger partial charge in [0.2, 0.25) is 5.91 Å². The lowest BCUT2D eigenvalue weighted by Crippen LogP contribution is -2.49. The van der Waals surface area contributed by atoms with Crippen molar-refractivity contribution in [1.29, 1.82) is 0 Å². The zero-order valence-electron chi connectivity index (χ0n) is 16.8. The first-order chi connectivity index (χ1) is 14.1. The smallest absolute Gasteiger partial charge is 0.254 e. The molecule has 158 valence electrons. The maximum Gasteiger partial charge on any atom is 0.254 e. The van der Waals surface area contributed by atoms with Gasteiger partial charge in [-0.3, -0.25) is 14.4 Å². The van der Waals surface area contributed by atoms with E-state index in [-0.39, 0.29) is 35.7 Å². The summed E-state index contributed by atoms with van der Waals surface area (Å²) in [6.07, 6.45) is 1.10. The molecule has 2 aromatic carbocycles. The molecule has 0 aromatic heterocycles. The van der Waals surface area contributed by atoms with Crippen LogP contribution in [0.5, 0.6) is 0 Å². The molecule has 1 fully saturated rings. The lowest BCUT2D eigenvalue weighted by Gasteiger charge is -2.26. The van der Waals surface area contributed by atoms with Gasteiger partial charge in [0.05, 0.1) is 11.4 Å². The molecular weight excluding hydrogens is 406 g/mol. The molecule has 0 bridgehead atoms. The van der Waals surface area contributed by atoms with Gasteiger partial charge >= 0.3 is 0 Å². The second kappa shape index (κ2) is 8.66. The van der Waals surface area contributed by atoms with E-state index >= 15 is 0 Å². The van der Waals surface area contributed by atoms with E-state index in [0.29, 0.717) is 29.8 Å². The topological polar surface area (TPSA) is 113 Å². The van der Waals surface area contributed by atoms with E-state index in [4.69, 9.17) is 0 Å². The molecule has 8 nitrogen and oxygen atoms in total. The van der Waals surface area contributed by atoms with Gasteiger partial charge in [-0.25, -0.2) is 8.42 Å². The molecule has 1 aliphatic rings. The Hall–Kier alpha value is -3.20. The molecule has 2 aromatic rings. The first-order valence-corrected chi connectivity index (χ1v) is 11.3. The minimum absolute atomic E-state index is 0.0442. The van der Waals surface area contributed by atoms with Crippen molar-refractivity contribution in [1.82, 2.24) is 15.5 Å². The maximum atomic E-state index is 12.5. The Morgan fingerprint density at radius 3 is 2.47 bits per heavy atom. The Morgan fingerprint density at radius 2 is 1.83 bits per heavy atom. The van der Waals surface area contributed by atoms with Crippen LogP contribution in [0, 0.1) is 6.92 Å². The third kappa shape index (κ3) is 5.04. The largest absolute Gasteiger partial charge is 0.353 e. The lowest BCUT2D eigenvalue weighted by atomic mass is 10.1. The molecule has 0 spiro atoms. The summed E-state index contributed by atoms with van der Waals surface area (Å²) in [7, 11) is -3.41. The van der Waals surface area contributed by atoms with Crippen LogP contribution < -0.4 is 10.6 Å². The minimum atomic E-state index is -3.41. The third-order valence-corrected chi connectivity index (χ3v) is 5.97. The van der Waals surface area contributed by atoms with E-state index in [1.165, 1.54) is 17.0 Å². The Bertz CT molecular complexity index is 1090. The molecule has 0 aliphatic carbocycles. The second-order valence-corrected chi connectivity index (χ2v) is 9.22. The molecule has 3 amide bonds. The average Bonchev–Trinajstić information content (AvgIpc) is 2.71. The molecule has 0 atom stereocenters. The normalized spacial score (nSPS) is 14.2. The fourth-order valence-corrected chi connectivity index (χ4v) is 3.76. The van der Waals surface area contributed by atoms with Crippen LogP contribution in [-0.4, -0.2) is 56.9 Å². The van der Waals surface area contributed by atoms with E-state index in [1.807, 2.05) is 0 Å². The predicted molar refractivity (Wildman–Crippen MR) is 111 cm³/mol. The molecular formula is C21H23N3O5S. The van der Waals surface area contributed by atoms with Gasteiger partial charge in [0.1, 0.15) is 0 Å². The van der Waals surface area contributed by atoms with Crippen molar-refractivity contribution in [2.24, 2.45) is 0 Å². The summed E-state index contributed by atoms with van der Waals surface area (Å²) in [6.45, 7) is 2.91. The highest BCUT2D eigenvalue weighted by Crippen LogP contribution is 2.16. The summed E-state index contributed by atoms with van der Waals surface area (Å²) < 4.78 is 23.5. The average molecular weight is 429 g/mol. The fourth-order valence-electron chi connectivity index (χ4n) is 3.11. The highest BCUT2D eigenvalue weighted by molar-refractivity contribution is 7.90. The number of carbonyl (C=O) groups is 3. The molecule has 1 saturated heterocycles. The Labute approximate surface area is 175 Å². The van der Waals surface area contributed by atoms with Gasteiger partial charge in [0.15, 0.2) is 9.84 Å². The summed E-state index contributed by atoms with van der Waals surface area (Å²) in [4.78, 5) is 38.0. The van der Waals surface area contributed by atoms with Gasteiger partial charge in [0.25, 0.3) is 11.8 Å². The van der Waals surface area contributed by atoms with Crippen molar-refractivity contribution in [3.63, 3.8) is 0 Å². The van der Waals surface area contributed by atoms with Crippen molar-refractivity contribution in [3.05, 3.63) is 64.7 Å². The number of nitrogens with one attached hydrogen (secondary N) is 2. The van der Waals surface area contributed by atoms with Crippen molar-refractivity contribution < 1.29 is 22.8 Å². The highest BCUT2D eigenvalue weighted by atomic mass is 32.2. The van der Waals surface area contributed by atoms with Gasteiger partial charge < -0.3 is 15.5 Å². The predicted octanol–water partition coefficient (Wildman–Crippen LogP) is 0.901. The number of benzene rings is 2. The van der Waals surface area contributed by atoms with Crippen LogP contribution in [0.2, 0.25) is 0 Å². The van der Waals surface area contributed by atoms with Crippen LogP contribution in [0.25, 0.3) is 0 Å². The van der Waals surface area contributed by atoms with Crippen molar-refractivity contribution in [2.45, 2.75) is 18.4 Å². The summed E-state index contributed by atoms with van der Waals surface area (Å²) in [5, 5.41) is 5.45. The van der Waals surface area contributed by atoms with Crippen molar-refractivity contribution in [3.8, 4) is 0 Å². The van der Waals surface area contributed by atoms with Gasteiger partial charge in [-0.1, -0.05) is 18.2 Å². The first-order valence-electron chi connectivity index (χ1n) is 9.39. The molecule has 2 N–H and O–H groups in total. The van der Waals surface area contributed by atoms with E-state index in [2.05, 4.69) is 10.6 Å². The summed E-state index contributed by atoms with van der Waals surface area (Å²) >= 11 is 0. The monoisotopic (exact) mass is 429 g/mol. The van der Waals surface area contributed by atoms with Crippen molar-refractivity contribution >= 4 is 27.6 Å². The molecule has 1 heterocycles. The third-order valence-electron chi connectivity index (χ3n) is 4.86. The number of rotatable bonds is 5. The van der Waals surface area contributed by atoms with Gasteiger partial charge in [0, 0.05) is 37.0 Å². The van der Waals surface area contributed by atoms with Gasteiger partial charge in [-0.2, -0.15) is 0 Å². The molecule has 3 rings (SSSR count). The minimum Gasteiger partial charge on any atom is -0.353 e. The maximum absolute atomic E-state index is 12.5. The summed E-state index contributed by atoms with van der Waals surface area (Å²) in [6, 6.07) is 11.2. The molecule has 0 saturated carbocycles. The summed E-state index contributed by atoms with van der Waals surface area (Å²) in [5.74, 6) is -0.768. The number of nitrogens with zero attached hydrogens (tertiary/aromatic N) is 1. The number of hydrogen-bond acceptors (Lipinski definition) is 5. The zero-order chi connectivity index (χ0) is 21.9. The Balaban J connectivity index is 1.65.